The summed E-state index contributed by atoms with van der Waals surface area (Å²) in [6.45, 7) is 1.64. The maximum Gasteiger partial charge on any atom is 0.573 e. The predicted octanol–water partition coefficient (Wildman–Crippen LogP) is 3.37. The molecule has 0 radical (unpaired) electrons. The Morgan fingerprint density at radius 2 is 2.06 bits per heavy atom. The van der Waals surface area contributed by atoms with Gasteiger partial charge in [-0.1, -0.05) is 6.07 Å². The van der Waals surface area contributed by atoms with Gasteiger partial charge in [0.2, 0.25) is 0 Å². The fourth-order valence-corrected chi connectivity index (χ4v) is 1.71. The van der Waals surface area contributed by atoms with Gasteiger partial charge in [-0.05, 0) is 41.6 Å². The second kappa shape index (κ2) is 5.56. The highest BCUT2D eigenvalue weighted by Crippen LogP contribution is 2.31. The molecule has 0 unspecified atom stereocenters. The van der Waals surface area contributed by atoms with Gasteiger partial charge in [0, 0.05) is 0 Å². The second-order valence-corrected chi connectivity index (χ2v) is 4.05. The summed E-state index contributed by atoms with van der Waals surface area (Å²) >= 11 is 1.65. The van der Waals surface area contributed by atoms with Gasteiger partial charge in [-0.15, -0.1) is 13.2 Å². The molecule has 1 aromatic carbocycles. The molecule has 0 heterocycles. The van der Waals surface area contributed by atoms with Crippen molar-refractivity contribution in [2.24, 2.45) is 0 Å². The van der Waals surface area contributed by atoms with Crippen LogP contribution in [0.3, 0.4) is 0 Å². The van der Waals surface area contributed by atoms with Gasteiger partial charge in [-0.25, -0.2) is 4.79 Å². The smallest absolute Gasteiger partial charge is 0.462 e. The summed E-state index contributed by atoms with van der Waals surface area (Å²) in [5.74, 6) is -1.37. The van der Waals surface area contributed by atoms with E-state index in [1.165, 1.54) is 18.2 Å². The van der Waals surface area contributed by atoms with Gasteiger partial charge in [-0.2, -0.15) is 0 Å². The Labute approximate surface area is 109 Å². The second-order valence-electron chi connectivity index (χ2n) is 2.88. The molecule has 94 valence electrons. The fourth-order valence-electron chi connectivity index (χ4n) is 1.10. The normalized spacial score (nSPS) is 11.1. The van der Waals surface area contributed by atoms with Crippen LogP contribution in [0.1, 0.15) is 17.3 Å². The van der Waals surface area contributed by atoms with Crippen molar-refractivity contribution in [3.05, 3.63) is 27.3 Å². The van der Waals surface area contributed by atoms with E-state index in [-0.39, 0.29) is 15.7 Å². The van der Waals surface area contributed by atoms with E-state index in [1.807, 2.05) is 0 Å². The quantitative estimate of drug-likeness (QED) is 0.613. The number of rotatable bonds is 3. The summed E-state index contributed by atoms with van der Waals surface area (Å²) in [5, 5.41) is 0. The molecule has 0 aliphatic carbocycles. The maximum atomic E-state index is 12.2. The Hall–Kier alpha value is -0.990. The number of hydrogen-bond acceptors (Lipinski definition) is 3. The number of para-hydroxylation sites is 1. The number of esters is 1. The van der Waals surface area contributed by atoms with Crippen LogP contribution in [-0.4, -0.2) is 18.9 Å². The SMILES string of the molecule is CCOC(=O)c1cccc(I)c1OC(F)(F)F. The number of halogens is 4. The first-order valence-electron chi connectivity index (χ1n) is 4.56. The van der Waals surface area contributed by atoms with Gasteiger partial charge in [0.1, 0.15) is 5.56 Å². The van der Waals surface area contributed by atoms with E-state index >= 15 is 0 Å². The molecule has 1 aromatic rings. The molecule has 0 bridgehead atoms. The van der Waals surface area contributed by atoms with Crippen molar-refractivity contribution < 1.29 is 27.4 Å². The molecule has 17 heavy (non-hydrogen) atoms. The molecule has 0 fully saturated rings. The third kappa shape index (κ3) is 4.06. The van der Waals surface area contributed by atoms with Crippen LogP contribution in [0.4, 0.5) is 13.2 Å². The third-order valence-corrected chi connectivity index (χ3v) is 2.53. The van der Waals surface area contributed by atoms with Crippen LogP contribution < -0.4 is 4.74 Å². The highest BCUT2D eigenvalue weighted by atomic mass is 127. The molecule has 3 nitrogen and oxygen atoms in total. The molecule has 7 heteroatoms. The lowest BCUT2D eigenvalue weighted by atomic mass is 10.2. The first-order valence-corrected chi connectivity index (χ1v) is 5.64. The minimum Gasteiger partial charge on any atom is -0.462 e. The van der Waals surface area contributed by atoms with Crippen LogP contribution in [0.5, 0.6) is 5.75 Å². The van der Waals surface area contributed by atoms with Crippen molar-refractivity contribution in [1.29, 1.82) is 0 Å². The van der Waals surface area contributed by atoms with Crippen molar-refractivity contribution in [3.63, 3.8) is 0 Å². The first-order chi connectivity index (χ1) is 7.85. The molecule has 0 saturated carbocycles. The number of benzene rings is 1. The zero-order valence-corrected chi connectivity index (χ0v) is 10.8. The summed E-state index contributed by atoms with van der Waals surface area (Å²) < 4.78 is 45.2. The molecule has 0 aliphatic rings. The van der Waals surface area contributed by atoms with E-state index in [2.05, 4.69) is 9.47 Å². The van der Waals surface area contributed by atoms with E-state index in [9.17, 15) is 18.0 Å². The summed E-state index contributed by atoms with van der Waals surface area (Å²) in [7, 11) is 0. The maximum absolute atomic E-state index is 12.2. The molecule has 0 aromatic heterocycles. The molecular weight excluding hydrogens is 352 g/mol. The zero-order valence-electron chi connectivity index (χ0n) is 8.68. The van der Waals surface area contributed by atoms with Gasteiger partial charge < -0.3 is 9.47 Å². The predicted molar refractivity (Wildman–Crippen MR) is 61.8 cm³/mol. The molecule has 0 aliphatic heterocycles. The highest BCUT2D eigenvalue weighted by Gasteiger charge is 2.34. The highest BCUT2D eigenvalue weighted by molar-refractivity contribution is 14.1. The third-order valence-electron chi connectivity index (χ3n) is 1.68. The van der Waals surface area contributed by atoms with Crippen LogP contribution in [0.2, 0.25) is 0 Å². The van der Waals surface area contributed by atoms with Crippen molar-refractivity contribution in [2.75, 3.05) is 6.61 Å². The summed E-state index contributed by atoms with van der Waals surface area (Å²) in [5.41, 5.74) is -0.240. The summed E-state index contributed by atoms with van der Waals surface area (Å²) in [4.78, 5) is 11.4. The van der Waals surface area contributed by atoms with Gasteiger partial charge in [0.15, 0.2) is 5.75 Å². The largest absolute Gasteiger partial charge is 0.573 e. The monoisotopic (exact) mass is 360 g/mol. The average Bonchev–Trinajstić information content (AvgIpc) is 2.19. The zero-order chi connectivity index (χ0) is 13.1. The first kappa shape index (κ1) is 14.1. The molecule has 1 rings (SSSR count). The van der Waals surface area contributed by atoms with E-state index < -0.39 is 18.1 Å². The Kier molecular flexibility index (Phi) is 4.61. The fraction of sp³-hybridized carbons (Fsp3) is 0.300. The Morgan fingerprint density at radius 3 is 2.59 bits per heavy atom. The van der Waals surface area contributed by atoms with Gasteiger partial charge >= 0.3 is 12.3 Å². The van der Waals surface area contributed by atoms with Crippen LogP contribution in [0.25, 0.3) is 0 Å². The molecule has 0 N–H and O–H groups in total. The number of alkyl halides is 3. The number of carbonyl (C=O) groups excluding carboxylic acids is 1. The van der Waals surface area contributed by atoms with Crippen molar-refractivity contribution >= 4 is 28.6 Å². The number of carbonyl (C=O) groups is 1. The lowest BCUT2D eigenvalue weighted by Gasteiger charge is -2.13. The molecule has 0 atom stereocenters. The van der Waals surface area contributed by atoms with Gasteiger partial charge in [0.05, 0.1) is 10.2 Å². The van der Waals surface area contributed by atoms with Crippen LogP contribution in [0.15, 0.2) is 18.2 Å². The van der Waals surface area contributed by atoms with Crippen molar-refractivity contribution in [1.82, 2.24) is 0 Å². The standard InChI is InChI=1S/C10H8F3IO3/c1-2-16-9(15)6-4-3-5-7(14)8(6)17-10(11,12)13/h3-5H,2H2,1H3. The molecule has 0 spiro atoms. The Bertz CT molecular complexity index is 418. The summed E-state index contributed by atoms with van der Waals surface area (Å²) in [6, 6.07) is 4.09. The van der Waals surface area contributed by atoms with Crippen LogP contribution in [-0.2, 0) is 4.74 Å². The van der Waals surface area contributed by atoms with E-state index in [0.29, 0.717) is 0 Å². The van der Waals surface area contributed by atoms with Gasteiger partial charge in [0.25, 0.3) is 0 Å². The molecular formula is C10H8F3IO3. The molecule has 0 saturated heterocycles. The minimum absolute atomic E-state index is 0.0791. The van der Waals surface area contributed by atoms with E-state index in [0.717, 1.165) is 0 Å². The Morgan fingerprint density at radius 1 is 1.41 bits per heavy atom. The van der Waals surface area contributed by atoms with Crippen LogP contribution >= 0.6 is 22.6 Å². The van der Waals surface area contributed by atoms with Crippen molar-refractivity contribution in [2.45, 2.75) is 13.3 Å². The molecule has 0 amide bonds. The minimum atomic E-state index is -4.84. The van der Waals surface area contributed by atoms with Crippen molar-refractivity contribution in [3.8, 4) is 5.75 Å². The van der Waals surface area contributed by atoms with E-state index in [1.54, 1.807) is 29.5 Å². The van der Waals surface area contributed by atoms with Crippen LogP contribution in [0, 0.1) is 3.57 Å². The number of ether oxygens (including phenoxy) is 2. The summed E-state index contributed by atoms with van der Waals surface area (Å²) in [6.07, 6.45) is -4.84. The topological polar surface area (TPSA) is 35.5 Å². The number of hydrogen-bond donors (Lipinski definition) is 0. The van der Waals surface area contributed by atoms with E-state index in [4.69, 9.17) is 0 Å². The lowest BCUT2D eigenvalue weighted by molar-refractivity contribution is -0.275. The lowest BCUT2D eigenvalue weighted by Crippen LogP contribution is -2.20. The van der Waals surface area contributed by atoms with Gasteiger partial charge in [-0.3, -0.25) is 0 Å². The average molecular weight is 360 g/mol. The Balaban J connectivity index is 3.13.